The molecule has 0 aromatic heterocycles. The summed E-state index contributed by atoms with van der Waals surface area (Å²) in [7, 11) is 1.59. The Hall–Kier alpha value is -4.38. The Kier molecular flexibility index (Phi) is 4.14. The lowest BCUT2D eigenvalue weighted by molar-refractivity contribution is 0.0927. The highest BCUT2D eigenvalue weighted by molar-refractivity contribution is 6.27. The molecule has 1 heterocycles. The number of methoxy groups -OCH3 is 1. The standard InChI is InChI=1S/C28H18O5/c1-32-18-11-7-16(8-12-18)23-24-21-14-17(29)10-6-15(21)9-13-22(24)33-28-25(23)26(30)19-4-2-3-5-20(19)27(28)31/h2-14,23,29H,1H3. The lowest BCUT2D eigenvalue weighted by Crippen LogP contribution is -2.31. The van der Waals surface area contributed by atoms with E-state index in [-0.39, 0.29) is 23.1 Å². The SMILES string of the molecule is COc1ccc(C2C3=C(Oc4ccc5ccc(O)cc5c42)C(=O)c2ccccc2C3=O)cc1. The fourth-order valence-corrected chi connectivity index (χ4v) is 4.82. The number of carbonyl (C=O) groups excluding carboxylic acids is 2. The number of phenols is 1. The molecule has 1 aliphatic carbocycles. The Labute approximate surface area is 189 Å². The molecule has 0 saturated carbocycles. The summed E-state index contributed by atoms with van der Waals surface area (Å²) in [5, 5.41) is 11.9. The van der Waals surface area contributed by atoms with Crippen LogP contribution < -0.4 is 9.47 Å². The third-order valence-electron chi connectivity index (χ3n) is 6.36. The minimum absolute atomic E-state index is 0.0616. The molecular formula is C28H18O5. The number of ether oxygens (including phenoxy) is 2. The van der Waals surface area contributed by atoms with Gasteiger partial charge < -0.3 is 14.6 Å². The minimum Gasteiger partial charge on any atom is -0.508 e. The molecule has 0 bridgehead atoms. The van der Waals surface area contributed by atoms with E-state index in [1.165, 1.54) is 0 Å². The van der Waals surface area contributed by atoms with Crippen LogP contribution in [0, 0.1) is 0 Å². The molecule has 0 spiro atoms. The van der Waals surface area contributed by atoms with Gasteiger partial charge in [-0.05, 0) is 46.7 Å². The summed E-state index contributed by atoms with van der Waals surface area (Å²) >= 11 is 0. The quantitative estimate of drug-likeness (QED) is 0.457. The number of hydrogen-bond acceptors (Lipinski definition) is 5. The Bertz CT molecular complexity index is 1510. The van der Waals surface area contributed by atoms with Gasteiger partial charge in [-0.1, -0.05) is 48.5 Å². The van der Waals surface area contributed by atoms with Crippen molar-refractivity contribution in [2.45, 2.75) is 5.92 Å². The van der Waals surface area contributed by atoms with E-state index in [2.05, 4.69) is 0 Å². The minimum atomic E-state index is -0.551. The molecule has 5 heteroatoms. The van der Waals surface area contributed by atoms with Gasteiger partial charge in [-0.15, -0.1) is 0 Å². The highest BCUT2D eigenvalue weighted by Gasteiger charge is 2.43. The van der Waals surface area contributed by atoms with Gasteiger partial charge in [0.15, 0.2) is 11.5 Å². The summed E-state index contributed by atoms with van der Waals surface area (Å²) in [4.78, 5) is 27.2. The largest absolute Gasteiger partial charge is 0.508 e. The van der Waals surface area contributed by atoms with E-state index in [0.717, 1.165) is 21.9 Å². The lowest BCUT2D eigenvalue weighted by atomic mass is 9.74. The number of carbonyl (C=O) groups is 2. The summed E-state index contributed by atoms with van der Waals surface area (Å²) in [6.45, 7) is 0. The van der Waals surface area contributed by atoms with Crippen molar-refractivity contribution < 1.29 is 24.2 Å². The Morgan fingerprint density at radius 3 is 2.27 bits per heavy atom. The molecular weight excluding hydrogens is 416 g/mol. The van der Waals surface area contributed by atoms with Crippen LogP contribution in [-0.4, -0.2) is 23.8 Å². The number of hydrogen-bond donors (Lipinski definition) is 1. The van der Waals surface area contributed by atoms with E-state index < -0.39 is 5.92 Å². The second-order valence-corrected chi connectivity index (χ2v) is 8.14. The van der Waals surface area contributed by atoms with E-state index in [9.17, 15) is 14.7 Å². The van der Waals surface area contributed by atoms with Crippen LogP contribution in [0.2, 0.25) is 0 Å². The molecule has 6 rings (SSSR count). The van der Waals surface area contributed by atoms with Crippen LogP contribution in [0.5, 0.6) is 17.2 Å². The van der Waals surface area contributed by atoms with Gasteiger partial charge in [0, 0.05) is 22.6 Å². The molecule has 0 amide bonds. The molecule has 160 valence electrons. The van der Waals surface area contributed by atoms with E-state index in [1.54, 1.807) is 43.5 Å². The van der Waals surface area contributed by atoms with Crippen molar-refractivity contribution >= 4 is 22.3 Å². The number of ketones is 2. The molecule has 0 radical (unpaired) electrons. The van der Waals surface area contributed by atoms with Gasteiger partial charge in [-0.2, -0.15) is 0 Å². The van der Waals surface area contributed by atoms with Crippen molar-refractivity contribution in [1.82, 2.24) is 0 Å². The zero-order chi connectivity index (χ0) is 22.7. The molecule has 1 atom stereocenters. The van der Waals surface area contributed by atoms with Crippen molar-refractivity contribution in [3.63, 3.8) is 0 Å². The molecule has 1 aliphatic heterocycles. The first-order valence-corrected chi connectivity index (χ1v) is 10.6. The Morgan fingerprint density at radius 2 is 1.55 bits per heavy atom. The summed E-state index contributed by atoms with van der Waals surface area (Å²) in [6, 6.07) is 23.1. The van der Waals surface area contributed by atoms with Crippen LogP contribution >= 0.6 is 0 Å². The molecule has 4 aromatic carbocycles. The topological polar surface area (TPSA) is 72.8 Å². The first-order valence-electron chi connectivity index (χ1n) is 10.6. The summed E-state index contributed by atoms with van der Waals surface area (Å²) in [5.41, 5.74) is 2.59. The maximum Gasteiger partial charge on any atom is 0.229 e. The van der Waals surface area contributed by atoms with Crippen molar-refractivity contribution in [2.75, 3.05) is 7.11 Å². The van der Waals surface area contributed by atoms with Crippen molar-refractivity contribution in [3.05, 3.63) is 112 Å². The zero-order valence-electron chi connectivity index (χ0n) is 17.7. The van der Waals surface area contributed by atoms with E-state index in [0.29, 0.717) is 28.2 Å². The number of Topliss-reactive ketones (excluding diaryl/α,β-unsaturated/α-hetero) is 2. The fourth-order valence-electron chi connectivity index (χ4n) is 4.82. The van der Waals surface area contributed by atoms with Gasteiger partial charge in [0.25, 0.3) is 0 Å². The average molecular weight is 434 g/mol. The molecule has 1 unspecified atom stereocenters. The number of rotatable bonds is 2. The van der Waals surface area contributed by atoms with Crippen LogP contribution in [0.3, 0.4) is 0 Å². The maximum atomic E-state index is 13.8. The smallest absolute Gasteiger partial charge is 0.229 e. The van der Waals surface area contributed by atoms with Gasteiger partial charge in [-0.25, -0.2) is 0 Å². The zero-order valence-corrected chi connectivity index (χ0v) is 17.7. The molecule has 1 N–H and O–H groups in total. The highest BCUT2D eigenvalue weighted by atomic mass is 16.5. The molecule has 0 fully saturated rings. The van der Waals surface area contributed by atoms with Gasteiger partial charge in [-0.3, -0.25) is 9.59 Å². The van der Waals surface area contributed by atoms with Crippen molar-refractivity contribution in [1.29, 1.82) is 0 Å². The predicted molar refractivity (Wildman–Crippen MR) is 123 cm³/mol. The Morgan fingerprint density at radius 1 is 0.848 bits per heavy atom. The summed E-state index contributed by atoms with van der Waals surface area (Å²) in [5.74, 6) is 0.265. The van der Waals surface area contributed by atoms with E-state index in [1.807, 2.05) is 42.5 Å². The maximum absolute atomic E-state index is 13.8. The number of allylic oxidation sites excluding steroid dienone is 2. The third kappa shape index (κ3) is 2.79. The van der Waals surface area contributed by atoms with E-state index >= 15 is 0 Å². The first kappa shape index (κ1) is 19.3. The van der Waals surface area contributed by atoms with Gasteiger partial charge in [0.1, 0.15) is 17.2 Å². The van der Waals surface area contributed by atoms with Gasteiger partial charge in [0.2, 0.25) is 5.78 Å². The molecule has 4 aromatic rings. The first-order chi connectivity index (χ1) is 16.1. The summed E-state index contributed by atoms with van der Waals surface area (Å²) in [6.07, 6.45) is 0. The van der Waals surface area contributed by atoms with Crippen LogP contribution in [-0.2, 0) is 0 Å². The monoisotopic (exact) mass is 434 g/mol. The molecule has 33 heavy (non-hydrogen) atoms. The molecule has 0 saturated heterocycles. The molecule has 5 nitrogen and oxygen atoms in total. The average Bonchev–Trinajstić information content (AvgIpc) is 2.86. The molecule has 2 aliphatic rings. The second-order valence-electron chi connectivity index (χ2n) is 8.14. The predicted octanol–water partition coefficient (Wildman–Crippen LogP) is 5.41. The lowest BCUT2D eigenvalue weighted by Gasteiger charge is -2.33. The van der Waals surface area contributed by atoms with Crippen LogP contribution in [0.15, 0.2) is 90.2 Å². The number of benzene rings is 4. The van der Waals surface area contributed by atoms with E-state index in [4.69, 9.17) is 9.47 Å². The number of aromatic hydroxyl groups is 1. The van der Waals surface area contributed by atoms with Crippen LogP contribution in [0.4, 0.5) is 0 Å². The van der Waals surface area contributed by atoms with Crippen molar-refractivity contribution in [2.24, 2.45) is 0 Å². The summed E-state index contributed by atoms with van der Waals surface area (Å²) < 4.78 is 11.4. The second kappa shape index (κ2) is 7.07. The fraction of sp³-hybridized carbons (Fsp3) is 0.0714. The van der Waals surface area contributed by atoms with Gasteiger partial charge >= 0.3 is 0 Å². The normalized spacial score (nSPS) is 16.7. The number of fused-ring (bicyclic) bond motifs is 4. The van der Waals surface area contributed by atoms with Gasteiger partial charge in [0.05, 0.1) is 12.7 Å². The highest BCUT2D eigenvalue weighted by Crippen LogP contribution is 2.50. The van der Waals surface area contributed by atoms with Crippen LogP contribution in [0.1, 0.15) is 37.8 Å². The van der Waals surface area contributed by atoms with Crippen LogP contribution in [0.25, 0.3) is 10.8 Å². The number of phenolic OH excluding ortho intramolecular Hbond substituents is 1. The van der Waals surface area contributed by atoms with Crippen molar-refractivity contribution in [3.8, 4) is 17.2 Å². The Balaban J connectivity index is 1.68. The third-order valence-corrected chi connectivity index (χ3v) is 6.36.